The molecule has 2 bridgehead atoms. The number of nitrogens with zero attached hydrogens (tertiary/aromatic N) is 3. The van der Waals surface area contributed by atoms with E-state index in [9.17, 15) is 4.79 Å². The van der Waals surface area contributed by atoms with E-state index in [4.69, 9.17) is 4.98 Å². The van der Waals surface area contributed by atoms with Crippen LogP contribution < -0.4 is 5.56 Å². The van der Waals surface area contributed by atoms with Gasteiger partial charge >= 0.3 is 0 Å². The Balaban J connectivity index is 1.73. The van der Waals surface area contributed by atoms with E-state index in [2.05, 4.69) is 14.8 Å². The van der Waals surface area contributed by atoms with Crippen molar-refractivity contribution in [2.24, 2.45) is 0 Å². The van der Waals surface area contributed by atoms with E-state index in [1.54, 1.807) is 0 Å². The van der Waals surface area contributed by atoms with Gasteiger partial charge in [-0.2, -0.15) is 0 Å². The summed E-state index contributed by atoms with van der Waals surface area (Å²) in [5.41, 5.74) is 2.08. The van der Waals surface area contributed by atoms with E-state index in [0.29, 0.717) is 6.04 Å². The highest BCUT2D eigenvalue weighted by molar-refractivity contribution is 5.23. The lowest BCUT2D eigenvalue weighted by Gasteiger charge is -2.46. The van der Waals surface area contributed by atoms with Crippen molar-refractivity contribution >= 4 is 0 Å². The summed E-state index contributed by atoms with van der Waals surface area (Å²) in [6, 6.07) is 0.297. The Bertz CT molecular complexity index is 530. The van der Waals surface area contributed by atoms with Gasteiger partial charge in [-0.25, -0.2) is 4.98 Å². The SMILES string of the molecule is O=c1[nH]c(C2CN3CCN2CC3)nc2c1CCC2. The Morgan fingerprint density at radius 1 is 1.17 bits per heavy atom. The highest BCUT2D eigenvalue weighted by Gasteiger charge is 2.34. The third-order valence-corrected chi connectivity index (χ3v) is 4.55. The summed E-state index contributed by atoms with van der Waals surface area (Å²) in [6.45, 7) is 5.54. The zero-order chi connectivity index (χ0) is 12.1. The predicted octanol–water partition coefficient (Wildman–Crippen LogP) is -0.0691. The van der Waals surface area contributed by atoms with Crippen LogP contribution in [0.3, 0.4) is 0 Å². The van der Waals surface area contributed by atoms with Crippen LogP contribution in [0.25, 0.3) is 0 Å². The van der Waals surface area contributed by atoms with Crippen molar-refractivity contribution in [2.75, 3.05) is 32.7 Å². The van der Waals surface area contributed by atoms with Gasteiger partial charge in [0, 0.05) is 38.3 Å². The number of aromatic amines is 1. The van der Waals surface area contributed by atoms with Gasteiger partial charge in [-0.15, -0.1) is 0 Å². The molecule has 1 aliphatic carbocycles. The van der Waals surface area contributed by atoms with Gasteiger partial charge in [0.25, 0.3) is 5.56 Å². The van der Waals surface area contributed by atoms with Crippen LogP contribution in [0.2, 0.25) is 0 Å². The Hall–Kier alpha value is -1.20. The molecule has 1 atom stereocenters. The van der Waals surface area contributed by atoms with E-state index < -0.39 is 0 Å². The summed E-state index contributed by atoms with van der Waals surface area (Å²) in [5.74, 6) is 0.894. The summed E-state index contributed by atoms with van der Waals surface area (Å²) < 4.78 is 0. The number of fused-ring (bicyclic) bond motifs is 4. The number of aryl methyl sites for hydroxylation is 1. The number of piperazine rings is 3. The van der Waals surface area contributed by atoms with Crippen molar-refractivity contribution in [3.8, 4) is 0 Å². The summed E-state index contributed by atoms with van der Waals surface area (Å²) >= 11 is 0. The molecule has 3 saturated heterocycles. The smallest absolute Gasteiger partial charge is 0.254 e. The fourth-order valence-electron chi connectivity index (χ4n) is 3.50. The molecule has 3 fully saturated rings. The van der Waals surface area contributed by atoms with E-state index in [0.717, 1.165) is 69.1 Å². The van der Waals surface area contributed by atoms with Crippen LogP contribution in [-0.4, -0.2) is 52.5 Å². The number of hydrogen-bond acceptors (Lipinski definition) is 4. The standard InChI is InChI=1S/C13H18N4O/c18-13-9-2-1-3-10(9)14-12(15-13)11-8-16-4-6-17(11)7-5-16/h11H,1-8H2,(H,14,15,18). The fraction of sp³-hybridized carbons (Fsp3) is 0.692. The molecule has 5 heteroatoms. The third-order valence-electron chi connectivity index (χ3n) is 4.55. The molecule has 96 valence electrons. The molecule has 5 nitrogen and oxygen atoms in total. The largest absolute Gasteiger partial charge is 0.309 e. The molecule has 5 rings (SSSR count). The first-order valence-electron chi connectivity index (χ1n) is 6.89. The molecular weight excluding hydrogens is 228 g/mol. The molecule has 0 saturated carbocycles. The molecule has 0 aromatic carbocycles. The fourth-order valence-corrected chi connectivity index (χ4v) is 3.50. The zero-order valence-corrected chi connectivity index (χ0v) is 10.5. The van der Waals surface area contributed by atoms with Gasteiger partial charge in [-0.3, -0.25) is 14.6 Å². The van der Waals surface area contributed by atoms with Crippen molar-refractivity contribution in [1.82, 2.24) is 19.8 Å². The van der Waals surface area contributed by atoms with Crippen LogP contribution in [0.15, 0.2) is 4.79 Å². The monoisotopic (exact) mass is 246 g/mol. The lowest BCUT2D eigenvalue weighted by Crippen LogP contribution is -2.57. The van der Waals surface area contributed by atoms with E-state index in [1.165, 1.54) is 0 Å². The maximum Gasteiger partial charge on any atom is 0.254 e. The van der Waals surface area contributed by atoms with Crippen LogP contribution in [0.4, 0.5) is 0 Å². The van der Waals surface area contributed by atoms with E-state index in [1.807, 2.05) is 0 Å². The molecule has 1 aromatic rings. The van der Waals surface area contributed by atoms with Crippen LogP contribution in [0.1, 0.15) is 29.5 Å². The first-order chi connectivity index (χ1) is 8.81. The zero-order valence-electron chi connectivity index (χ0n) is 10.5. The van der Waals surface area contributed by atoms with E-state index >= 15 is 0 Å². The van der Waals surface area contributed by atoms with Crippen LogP contribution >= 0.6 is 0 Å². The summed E-state index contributed by atoms with van der Waals surface area (Å²) in [7, 11) is 0. The molecule has 0 spiro atoms. The topological polar surface area (TPSA) is 52.2 Å². The van der Waals surface area contributed by atoms with E-state index in [-0.39, 0.29) is 5.56 Å². The highest BCUT2D eigenvalue weighted by atomic mass is 16.1. The third kappa shape index (κ3) is 1.54. The number of hydrogen-bond donors (Lipinski definition) is 1. The van der Waals surface area contributed by atoms with Gasteiger partial charge in [0.05, 0.1) is 11.7 Å². The van der Waals surface area contributed by atoms with Gasteiger partial charge in [0.1, 0.15) is 5.82 Å². The summed E-state index contributed by atoms with van der Waals surface area (Å²) in [5, 5.41) is 0. The Labute approximate surface area is 106 Å². The van der Waals surface area contributed by atoms with Crippen LogP contribution in [0.5, 0.6) is 0 Å². The second-order valence-electron chi connectivity index (χ2n) is 5.58. The Morgan fingerprint density at radius 2 is 2.00 bits per heavy atom. The molecule has 1 N–H and O–H groups in total. The summed E-state index contributed by atoms with van der Waals surface area (Å²) in [4.78, 5) is 24.7. The summed E-state index contributed by atoms with van der Waals surface area (Å²) in [6.07, 6.45) is 2.95. The molecule has 18 heavy (non-hydrogen) atoms. The quantitative estimate of drug-likeness (QED) is 0.754. The van der Waals surface area contributed by atoms with Crippen molar-refractivity contribution < 1.29 is 0 Å². The lowest BCUT2D eigenvalue weighted by molar-refractivity contribution is 0.00846. The normalized spacial score (nSPS) is 33.7. The molecular formula is C13H18N4O. The van der Waals surface area contributed by atoms with Gasteiger partial charge < -0.3 is 4.98 Å². The molecule has 3 aliphatic heterocycles. The van der Waals surface area contributed by atoms with Crippen molar-refractivity contribution in [1.29, 1.82) is 0 Å². The first kappa shape index (κ1) is 10.7. The number of aromatic nitrogens is 2. The molecule has 4 heterocycles. The lowest BCUT2D eigenvalue weighted by atomic mass is 10.1. The number of nitrogens with one attached hydrogen (secondary N) is 1. The highest BCUT2D eigenvalue weighted by Crippen LogP contribution is 2.27. The molecule has 0 amide bonds. The maximum atomic E-state index is 12.1. The minimum absolute atomic E-state index is 0.102. The first-order valence-corrected chi connectivity index (χ1v) is 6.89. The van der Waals surface area contributed by atoms with Crippen LogP contribution in [0, 0.1) is 0 Å². The maximum absolute atomic E-state index is 12.1. The van der Waals surface area contributed by atoms with Crippen molar-refractivity contribution in [3.05, 3.63) is 27.4 Å². The average Bonchev–Trinajstić information content (AvgIpc) is 2.89. The van der Waals surface area contributed by atoms with Gasteiger partial charge in [0.2, 0.25) is 0 Å². The van der Waals surface area contributed by atoms with Crippen molar-refractivity contribution in [3.63, 3.8) is 0 Å². The number of H-pyrrole nitrogens is 1. The molecule has 0 radical (unpaired) electrons. The van der Waals surface area contributed by atoms with Crippen molar-refractivity contribution in [2.45, 2.75) is 25.3 Å². The Kier molecular flexibility index (Phi) is 2.32. The van der Waals surface area contributed by atoms with Gasteiger partial charge in [-0.05, 0) is 19.3 Å². The van der Waals surface area contributed by atoms with Gasteiger partial charge in [-0.1, -0.05) is 0 Å². The second kappa shape index (κ2) is 3.90. The molecule has 1 aromatic heterocycles. The average molecular weight is 246 g/mol. The Morgan fingerprint density at radius 3 is 2.72 bits per heavy atom. The molecule has 1 unspecified atom stereocenters. The minimum Gasteiger partial charge on any atom is -0.309 e. The minimum atomic E-state index is 0.102. The second-order valence-corrected chi connectivity index (χ2v) is 5.58. The number of rotatable bonds is 1. The predicted molar refractivity (Wildman–Crippen MR) is 67.6 cm³/mol. The van der Waals surface area contributed by atoms with Crippen LogP contribution in [-0.2, 0) is 12.8 Å². The molecule has 4 aliphatic rings. The van der Waals surface area contributed by atoms with Gasteiger partial charge in [0.15, 0.2) is 0 Å².